The lowest BCUT2D eigenvalue weighted by Crippen LogP contribution is -2.28. The molecule has 0 radical (unpaired) electrons. The number of rotatable bonds is 4. The summed E-state index contributed by atoms with van der Waals surface area (Å²) in [6.45, 7) is 5.69. The number of hydrogen-bond donors (Lipinski definition) is 1. The number of hydrogen-bond acceptors (Lipinski definition) is 5. The Morgan fingerprint density at radius 2 is 1.88 bits per heavy atom. The van der Waals surface area contributed by atoms with Gasteiger partial charge in [-0.15, -0.1) is 0 Å². The number of carbonyl (C=O) groups is 1. The number of benzene rings is 1. The van der Waals surface area contributed by atoms with Crippen LogP contribution in [0.25, 0.3) is 16.7 Å². The van der Waals surface area contributed by atoms with E-state index in [4.69, 9.17) is 0 Å². The minimum Gasteiger partial charge on any atom is -0.309 e. The van der Waals surface area contributed by atoms with E-state index in [0.29, 0.717) is 5.82 Å². The first-order valence-electron chi connectivity index (χ1n) is 10.3. The molecule has 0 saturated carbocycles. The summed E-state index contributed by atoms with van der Waals surface area (Å²) < 4.78 is 43.0. The predicted octanol–water partition coefficient (Wildman–Crippen LogP) is 3.27. The molecule has 0 fully saturated rings. The van der Waals surface area contributed by atoms with Gasteiger partial charge in [-0.3, -0.25) is 18.8 Å². The summed E-state index contributed by atoms with van der Waals surface area (Å²) in [5, 5.41) is 11.2. The van der Waals surface area contributed by atoms with Crippen LogP contribution in [0.5, 0.6) is 0 Å². The molecule has 0 aliphatic rings. The molecule has 0 bridgehead atoms. The minimum atomic E-state index is -4.52. The zero-order valence-corrected chi connectivity index (χ0v) is 18.9. The largest absolute Gasteiger partial charge is 0.416 e. The molecule has 178 valence electrons. The highest BCUT2D eigenvalue weighted by Gasteiger charge is 2.30. The number of anilines is 1. The standard InChI is InChI=1S/C22H22F3N7O2/c1-21(2,3)16-9-17(30(4)29-16)28-18(33)11-31-12-26-19-15(20(31)34)10-27-32(19)14-7-5-6-13(8-14)22(23,24)25/h5-10,12H,11H2,1-4H3,(H,28,33). The summed E-state index contributed by atoms with van der Waals surface area (Å²) in [4.78, 5) is 29.6. The van der Waals surface area contributed by atoms with E-state index < -0.39 is 23.2 Å². The summed E-state index contributed by atoms with van der Waals surface area (Å²) in [5.74, 6) is 0.0198. The predicted molar refractivity (Wildman–Crippen MR) is 119 cm³/mol. The fraction of sp³-hybridized carbons (Fsp3) is 0.318. The van der Waals surface area contributed by atoms with Crippen LogP contribution in [0.2, 0.25) is 0 Å². The molecule has 3 aromatic heterocycles. The lowest BCUT2D eigenvalue weighted by molar-refractivity contribution is -0.137. The van der Waals surface area contributed by atoms with Gasteiger partial charge in [-0.25, -0.2) is 9.67 Å². The van der Waals surface area contributed by atoms with Gasteiger partial charge in [0.1, 0.15) is 24.1 Å². The van der Waals surface area contributed by atoms with E-state index in [-0.39, 0.29) is 28.7 Å². The van der Waals surface area contributed by atoms with Gasteiger partial charge in [-0.05, 0) is 18.2 Å². The van der Waals surface area contributed by atoms with Gasteiger partial charge in [-0.1, -0.05) is 26.8 Å². The second kappa shape index (κ2) is 8.12. The Morgan fingerprint density at radius 1 is 1.15 bits per heavy atom. The lowest BCUT2D eigenvalue weighted by atomic mass is 9.92. The van der Waals surface area contributed by atoms with Gasteiger partial charge >= 0.3 is 6.18 Å². The molecular weight excluding hydrogens is 451 g/mol. The molecule has 1 amide bonds. The van der Waals surface area contributed by atoms with Crippen LogP contribution < -0.4 is 10.9 Å². The molecule has 34 heavy (non-hydrogen) atoms. The van der Waals surface area contributed by atoms with Crippen molar-refractivity contribution in [1.82, 2.24) is 29.1 Å². The zero-order chi connectivity index (χ0) is 24.8. The number of aromatic nitrogens is 6. The first-order chi connectivity index (χ1) is 15.8. The van der Waals surface area contributed by atoms with Crippen molar-refractivity contribution >= 4 is 22.8 Å². The van der Waals surface area contributed by atoms with Crippen LogP contribution in [0.3, 0.4) is 0 Å². The SMILES string of the molecule is Cn1nc(C(C)(C)C)cc1NC(=O)Cn1cnc2c(cnn2-c2cccc(C(F)(F)F)c2)c1=O. The average molecular weight is 473 g/mol. The molecule has 3 heterocycles. The van der Waals surface area contributed by atoms with Crippen LogP contribution in [-0.2, 0) is 30.0 Å². The Bertz CT molecular complexity index is 1440. The molecule has 0 atom stereocenters. The summed E-state index contributed by atoms with van der Waals surface area (Å²) in [6.07, 6.45) is -2.14. The fourth-order valence-electron chi connectivity index (χ4n) is 3.35. The van der Waals surface area contributed by atoms with Crippen molar-refractivity contribution in [2.45, 2.75) is 38.9 Å². The lowest BCUT2D eigenvalue weighted by Gasteiger charge is -2.13. The maximum atomic E-state index is 13.1. The molecule has 4 aromatic rings. The van der Waals surface area contributed by atoms with Gasteiger partial charge in [0.2, 0.25) is 5.91 Å². The fourth-order valence-corrected chi connectivity index (χ4v) is 3.35. The van der Waals surface area contributed by atoms with Gasteiger partial charge in [0, 0.05) is 18.5 Å². The smallest absolute Gasteiger partial charge is 0.309 e. The Balaban J connectivity index is 1.59. The van der Waals surface area contributed by atoms with Crippen LogP contribution in [0.15, 0.2) is 47.7 Å². The number of alkyl halides is 3. The van der Waals surface area contributed by atoms with Crippen molar-refractivity contribution in [2.75, 3.05) is 5.32 Å². The molecule has 0 aliphatic carbocycles. The van der Waals surface area contributed by atoms with Crippen LogP contribution in [0, 0.1) is 0 Å². The van der Waals surface area contributed by atoms with Crippen molar-refractivity contribution < 1.29 is 18.0 Å². The van der Waals surface area contributed by atoms with Crippen LogP contribution in [0.4, 0.5) is 19.0 Å². The first-order valence-corrected chi connectivity index (χ1v) is 10.3. The van der Waals surface area contributed by atoms with E-state index in [1.165, 1.54) is 24.7 Å². The second-order valence-electron chi connectivity index (χ2n) is 8.86. The van der Waals surface area contributed by atoms with Crippen molar-refractivity contribution in [3.8, 4) is 5.69 Å². The highest BCUT2D eigenvalue weighted by molar-refractivity contribution is 5.90. The third-order valence-corrected chi connectivity index (χ3v) is 5.20. The molecule has 0 unspecified atom stereocenters. The summed E-state index contributed by atoms with van der Waals surface area (Å²) in [6, 6.07) is 6.32. The molecule has 4 rings (SSSR count). The minimum absolute atomic E-state index is 0.0725. The second-order valence-corrected chi connectivity index (χ2v) is 8.86. The maximum Gasteiger partial charge on any atom is 0.416 e. The molecule has 1 N–H and O–H groups in total. The van der Waals surface area contributed by atoms with Gasteiger partial charge in [0.05, 0.1) is 23.1 Å². The number of halogens is 3. The number of amides is 1. The van der Waals surface area contributed by atoms with Crippen molar-refractivity contribution in [2.24, 2.45) is 7.05 Å². The highest BCUT2D eigenvalue weighted by Crippen LogP contribution is 2.30. The number of carbonyl (C=O) groups excluding carboxylic acids is 1. The summed E-state index contributed by atoms with van der Waals surface area (Å²) in [5.41, 5.74) is -0.595. The maximum absolute atomic E-state index is 13.1. The third kappa shape index (κ3) is 4.43. The Hall–Kier alpha value is -3.96. The summed E-state index contributed by atoms with van der Waals surface area (Å²) in [7, 11) is 1.70. The normalized spacial score (nSPS) is 12.3. The van der Waals surface area contributed by atoms with Gasteiger partial charge < -0.3 is 5.32 Å². The summed E-state index contributed by atoms with van der Waals surface area (Å²) >= 11 is 0. The van der Waals surface area contributed by atoms with Gasteiger partial charge in [0.15, 0.2) is 5.65 Å². The van der Waals surface area contributed by atoms with Crippen molar-refractivity contribution in [3.05, 3.63) is 64.5 Å². The van der Waals surface area contributed by atoms with E-state index in [2.05, 4.69) is 20.5 Å². The van der Waals surface area contributed by atoms with Crippen LogP contribution >= 0.6 is 0 Å². The first kappa shape index (κ1) is 23.2. The van der Waals surface area contributed by atoms with E-state index in [9.17, 15) is 22.8 Å². The van der Waals surface area contributed by atoms with Crippen LogP contribution in [0.1, 0.15) is 32.0 Å². The molecule has 1 aromatic carbocycles. The van der Waals surface area contributed by atoms with Gasteiger partial charge in [0.25, 0.3) is 5.56 Å². The van der Waals surface area contributed by atoms with Crippen molar-refractivity contribution in [3.63, 3.8) is 0 Å². The Labute approximate surface area is 191 Å². The van der Waals surface area contributed by atoms with Crippen LogP contribution in [-0.4, -0.2) is 35.0 Å². The Morgan fingerprint density at radius 3 is 2.53 bits per heavy atom. The molecule has 0 aliphatic heterocycles. The average Bonchev–Trinajstić information content (AvgIpc) is 3.34. The topological polar surface area (TPSA) is 99.6 Å². The molecular formula is C22H22F3N7O2. The van der Waals surface area contributed by atoms with E-state index >= 15 is 0 Å². The number of fused-ring (bicyclic) bond motifs is 1. The number of nitrogens with one attached hydrogen (secondary N) is 1. The number of aryl methyl sites for hydroxylation is 1. The molecule has 0 saturated heterocycles. The highest BCUT2D eigenvalue weighted by atomic mass is 19.4. The number of nitrogens with zero attached hydrogens (tertiary/aromatic N) is 6. The third-order valence-electron chi connectivity index (χ3n) is 5.20. The molecule has 12 heteroatoms. The van der Waals surface area contributed by atoms with E-state index in [1.54, 1.807) is 17.8 Å². The van der Waals surface area contributed by atoms with E-state index in [0.717, 1.165) is 27.1 Å². The molecule has 0 spiro atoms. The van der Waals surface area contributed by atoms with E-state index in [1.807, 2.05) is 20.8 Å². The monoisotopic (exact) mass is 473 g/mol. The van der Waals surface area contributed by atoms with Gasteiger partial charge in [-0.2, -0.15) is 23.4 Å². The quantitative estimate of drug-likeness (QED) is 0.491. The Kier molecular flexibility index (Phi) is 5.54. The molecule has 9 nitrogen and oxygen atoms in total. The van der Waals surface area contributed by atoms with Crippen molar-refractivity contribution in [1.29, 1.82) is 0 Å². The zero-order valence-electron chi connectivity index (χ0n) is 18.9.